The molecule has 3 aromatic rings. The third kappa shape index (κ3) is 5.70. The van der Waals surface area contributed by atoms with Gasteiger partial charge in [-0.25, -0.2) is 8.99 Å². The lowest BCUT2D eigenvalue weighted by Crippen LogP contribution is -2.21. The van der Waals surface area contributed by atoms with Crippen molar-refractivity contribution in [2.24, 2.45) is 0 Å². The van der Waals surface area contributed by atoms with E-state index in [4.69, 9.17) is 14.3 Å². The van der Waals surface area contributed by atoms with Crippen LogP contribution in [0.15, 0.2) is 41.3 Å². The second-order valence-electron chi connectivity index (χ2n) is 7.89. The highest BCUT2D eigenvalue weighted by molar-refractivity contribution is 7.91. The van der Waals surface area contributed by atoms with Crippen LogP contribution in [0.3, 0.4) is 0 Å². The van der Waals surface area contributed by atoms with Crippen LogP contribution in [0, 0.1) is 25.6 Å². The molecule has 3 rings (SSSR count). The number of methoxy groups -OCH3 is 1. The van der Waals surface area contributed by atoms with E-state index in [1.807, 2.05) is 6.92 Å². The topological polar surface area (TPSA) is 114 Å². The average Bonchev–Trinajstić information content (AvgIpc) is 2.74. The van der Waals surface area contributed by atoms with E-state index >= 15 is 0 Å². The molecule has 1 amide bonds. The molecule has 0 aliphatic carbocycles. The van der Waals surface area contributed by atoms with Gasteiger partial charge in [-0.15, -0.1) is 10.2 Å². The maximum absolute atomic E-state index is 13.5. The van der Waals surface area contributed by atoms with E-state index in [0.717, 1.165) is 12.5 Å². The molecule has 12 heteroatoms. The number of carbonyl (C=O) groups excluding carboxylic acids is 1. The van der Waals surface area contributed by atoms with Gasteiger partial charge in [0.1, 0.15) is 5.56 Å². The number of nitrogens with zero attached hydrogens (tertiary/aromatic N) is 2. The minimum atomic E-state index is -4.86. The van der Waals surface area contributed by atoms with Crippen LogP contribution in [-0.4, -0.2) is 33.7 Å². The Morgan fingerprint density at radius 1 is 1.11 bits per heavy atom. The third-order valence-electron chi connectivity index (χ3n) is 5.03. The van der Waals surface area contributed by atoms with Crippen molar-refractivity contribution in [3.63, 3.8) is 0 Å². The first-order valence-corrected chi connectivity index (χ1v) is 12.1. The summed E-state index contributed by atoms with van der Waals surface area (Å²) < 4.78 is 71.5. The fraction of sp³-hybridized carbons (Fsp3) is 0.261. The first-order valence-electron chi connectivity index (χ1n) is 10.1. The van der Waals surface area contributed by atoms with E-state index in [0.29, 0.717) is 11.3 Å². The van der Waals surface area contributed by atoms with Crippen molar-refractivity contribution in [3.05, 3.63) is 64.3 Å². The molecule has 1 atom stereocenters. The van der Waals surface area contributed by atoms with Crippen LogP contribution in [0.5, 0.6) is 17.4 Å². The monoisotopic (exact) mass is 508 g/mol. The number of ether oxygens (including phenoxy) is 2. The molecule has 0 radical (unpaired) electrons. The fourth-order valence-corrected chi connectivity index (χ4v) is 4.10. The Morgan fingerprint density at radius 2 is 1.80 bits per heavy atom. The van der Waals surface area contributed by atoms with Gasteiger partial charge in [-0.2, -0.15) is 13.2 Å². The highest BCUT2D eigenvalue weighted by Gasteiger charge is 2.38. The number of hydrogen-bond donors (Lipinski definition) is 2. The third-order valence-corrected chi connectivity index (χ3v) is 6.18. The fourth-order valence-electron chi connectivity index (χ4n) is 3.41. The van der Waals surface area contributed by atoms with Crippen molar-refractivity contribution in [1.29, 1.82) is 4.78 Å². The summed E-state index contributed by atoms with van der Waals surface area (Å²) >= 11 is 0. The number of rotatable bonds is 6. The lowest BCUT2D eigenvalue weighted by molar-refractivity contribution is -0.142. The van der Waals surface area contributed by atoms with Crippen LogP contribution in [0.2, 0.25) is 0 Å². The highest BCUT2D eigenvalue weighted by atomic mass is 32.2. The molecule has 0 saturated heterocycles. The van der Waals surface area contributed by atoms with Crippen molar-refractivity contribution in [2.75, 3.05) is 18.7 Å². The van der Waals surface area contributed by atoms with Crippen LogP contribution in [0.1, 0.15) is 32.7 Å². The number of aromatic nitrogens is 2. The van der Waals surface area contributed by atoms with Crippen molar-refractivity contribution < 1.29 is 31.6 Å². The molecular weight excluding hydrogens is 485 g/mol. The van der Waals surface area contributed by atoms with Gasteiger partial charge in [0.25, 0.3) is 11.8 Å². The van der Waals surface area contributed by atoms with E-state index in [9.17, 15) is 22.2 Å². The van der Waals surface area contributed by atoms with Gasteiger partial charge in [0, 0.05) is 16.8 Å². The Kier molecular flexibility index (Phi) is 7.06. The summed E-state index contributed by atoms with van der Waals surface area (Å²) in [5.41, 5.74) is -0.703. The molecule has 0 aliphatic rings. The normalized spacial score (nSPS) is 13.1. The number of anilines is 1. The van der Waals surface area contributed by atoms with Crippen LogP contribution in [0.25, 0.3) is 0 Å². The zero-order chi connectivity index (χ0) is 26.1. The quantitative estimate of drug-likeness (QED) is 0.454. The van der Waals surface area contributed by atoms with Gasteiger partial charge in [0.05, 0.1) is 16.8 Å². The van der Waals surface area contributed by atoms with Crippen molar-refractivity contribution in [1.82, 2.24) is 10.2 Å². The molecule has 2 N–H and O–H groups in total. The minimum absolute atomic E-state index is 0.133. The molecule has 1 unspecified atom stereocenters. The number of alkyl halides is 3. The Hall–Kier alpha value is -3.67. The number of hydrogen-bond acceptors (Lipinski definition) is 7. The summed E-state index contributed by atoms with van der Waals surface area (Å²) in [7, 11) is -1.68. The summed E-state index contributed by atoms with van der Waals surface area (Å²) in [5, 5.41) is 9.31. The number of nitrogens with one attached hydrogen (secondary N) is 2. The SMILES string of the molecule is COc1cc(C)cc(C)c1Oc1nnc(C(F)(F)F)c(C)c1C(=O)Nc1cccc(S(C)(=N)=O)c1. The lowest BCUT2D eigenvalue weighted by atomic mass is 10.1. The number of benzene rings is 2. The van der Waals surface area contributed by atoms with Crippen LogP contribution in [0.4, 0.5) is 18.9 Å². The first-order chi connectivity index (χ1) is 16.2. The second kappa shape index (κ2) is 9.53. The van der Waals surface area contributed by atoms with Crippen molar-refractivity contribution in [3.8, 4) is 17.4 Å². The maximum Gasteiger partial charge on any atom is 0.435 e. The van der Waals surface area contributed by atoms with Gasteiger partial charge in [0.15, 0.2) is 17.2 Å². The molecule has 0 fully saturated rings. The Bertz CT molecular complexity index is 1410. The molecular formula is C23H23F3N4O4S. The number of carbonyl (C=O) groups is 1. The molecule has 1 heterocycles. The molecule has 0 aliphatic heterocycles. The minimum Gasteiger partial charge on any atom is -0.493 e. The molecule has 0 saturated carbocycles. The molecule has 2 aromatic carbocycles. The van der Waals surface area contributed by atoms with Crippen molar-refractivity contribution in [2.45, 2.75) is 31.8 Å². The molecule has 35 heavy (non-hydrogen) atoms. The largest absolute Gasteiger partial charge is 0.493 e. The number of aryl methyl sites for hydroxylation is 2. The molecule has 1 aromatic heterocycles. The summed E-state index contributed by atoms with van der Waals surface area (Å²) in [6.45, 7) is 4.64. The van der Waals surface area contributed by atoms with Crippen LogP contribution >= 0.6 is 0 Å². The van der Waals surface area contributed by atoms with Gasteiger partial charge in [-0.05, 0) is 61.7 Å². The molecule has 0 bridgehead atoms. The lowest BCUT2D eigenvalue weighted by Gasteiger charge is -2.18. The van der Waals surface area contributed by atoms with Crippen molar-refractivity contribution >= 4 is 21.3 Å². The van der Waals surface area contributed by atoms with Crippen LogP contribution in [-0.2, 0) is 15.9 Å². The maximum atomic E-state index is 13.5. The van der Waals surface area contributed by atoms with Gasteiger partial charge in [-0.1, -0.05) is 12.1 Å². The van der Waals surface area contributed by atoms with Crippen LogP contribution < -0.4 is 14.8 Å². The molecule has 186 valence electrons. The smallest absolute Gasteiger partial charge is 0.435 e. The van der Waals surface area contributed by atoms with Gasteiger partial charge >= 0.3 is 6.18 Å². The summed E-state index contributed by atoms with van der Waals surface area (Å²) in [6, 6.07) is 9.13. The summed E-state index contributed by atoms with van der Waals surface area (Å²) in [6.07, 6.45) is -3.65. The number of halogens is 3. The van der Waals surface area contributed by atoms with E-state index < -0.39 is 44.5 Å². The summed E-state index contributed by atoms with van der Waals surface area (Å²) in [5.74, 6) is -0.933. The Morgan fingerprint density at radius 3 is 2.40 bits per heavy atom. The highest BCUT2D eigenvalue weighted by Crippen LogP contribution is 2.39. The standard InChI is InChI=1S/C23H23F3N4O4S/c1-12-9-13(2)19(17(10-12)33-4)34-22-18(14(3)20(29-30-22)23(24,25)26)21(31)28-15-7-6-8-16(11-15)35(5,27)32/h6-11,27H,1-5H3,(H,28,31). The molecule has 8 nitrogen and oxygen atoms in total. The van der Waals surface area contributed by atoms with E-state index in [2.05, 4.69) is 15.5 Å². The van der Waals surface area contributed by atoms with E-state index in [-0.39, 0.29) is 16.3 Å². The Balaban J connectivity index is 2.13. The van der Waals surface area contributed by atoms with Gasteiger partial charge < -0.3 is 14.8 Å². The predicted octanol–water partition coefficient (Wildman–Crippen LogP) is 5.51. The van der Waals surface area contributed by atoms with Gasteiger partial charge in [0.2, 0.25) is 0 Å². The number of amides is 1. The van der Waals surface area contributed by atoms with Gasteiger partial charge in [-0.3, -0.25) is 4.79 Å². The predicted molar refractivity (Wildman–Crippen MR) is 124 cm³/mol. The summed E-state index contributed by atoms with van der Waals surface area (Å²) in [4.78, 5) is 13.3. The zero-order valence-corrected chi connectivity index (χ0v) is 20.4. The zero-order valence-electron chi connectivity index (χ0n) is 19.5. The first kappa shape index (κ1) is 25.9. The molecule has 0 spiro atoms. The van der Waals surface area contributed by atoms with E-state index in [1.165, 1.54) is 37.6 Å². The average molecular weight is 509 g/mol. The second-order valence-corrected chi connectivity index (χ2v) is 10.1. The Labute approximate surface area is 200 Å². The van der Waals surface area contributed by atoms with E-state index in [1.54, 1.807) is 19.1 Å².